The van der Waals surface area contributed by atoms with E-state index in [9.17, 15) is 0 Å². The smallest absolute Gasteiger partial charge is 0.0366 e. The normalized spacial score (nSPS) is 11.4. The van der Waals surface area contributed by atoms with Gasteiger partial charge in [0.25, 0.3) is 0 Å². The van der Waals surface area contributed by atoms with Crippen molar-refractivity contribution in [3.05, 3.63) is 179 Å². The molecule has 0 spiro atoms. The minimum atomic E-state index is 1.11. The third kappa shape index (κ3) is 19.5. The van der Waals surface area contributed by atoms with Gasteiger partial charge in [-0.05, 0) is 144 Å². The molecule has 0 aliphatic rings. The molecule has 74 heavy (non-hydrogen) atoms. The van der Waals surface area contributed by atoms with E-state index in [2.05, 4.69) is 233 Å². The van der Waals surface area contributed by atoms with E-state index in [4.69, 9.17) is 0 Å². The summed E-state index contributed by atoms with van der Waals surface area (Å²) >= 11 is 0. The maximum atomic E-state index is 2.58. The average Bonchev–Trinajstić information content (AvgIpc) is 3.44. The van der Waals surface area contributed by atoms with Crippen LogP contribution in [0, 0.1) is 0 Å². The monoisotopic (exact) mass is 995 g/mol. The number of benzene rings is 5. The first-order chi connectivity index (χ1) is 36.4. The van der Waals surface area contributed by atoms with Gasteiger partial charge in [-0.2, -0.15) is 0 Å². The van der Waals surface area contributed by atoms with Crippen molar-refractivity contribution in [1.82, 2.24) is 0 Å². The first kappa shape index (κ1) is 59.1. The lowest BCUT2D eigenvalue weighted by Crippen LogP contribution is -2.25. The molecule has 0 heterocycles. The predicted octanol–water partition coefficient (Wildman–Crippen LogP) is 19.6. The third-order valence-corrected chi connectivity index (χ3v) is 14.5. The number of rotatable bonds is 36. The van der Waals surface area contributed by atoms with Crippen LogP contribution >= 0.6 is 0 Å². The minimum absolute atomic E-state index is 1.11. The molecule has 5 rings (SSSR count). The van der Waals surface area contributed by atoms with E-state index in [1.54, 1.807) is 0 Å². The largest absolute Gasteiger partial charge is 0.372 e. The van der Waals surface area contributed by atoms with Gasteiger partial charge in [-0.3, -0.25) is 0 Å². The van der Waals surface area contributed by atoms with Crippen LogP contribution in [0.1, 0.15) is 192 Å². The molecule has 0 N–H and O–H groups in total. The van der Waals surface area contributed by atoms with Crippen LogP contribution in [-0.4, -0.2) is 52.4 Å². The Morgan fingerprint density at radius 2 is 0.459 bits per heavy atom. The van der Waals surface area contributed by atoms with Crippen molar-refractivity contribution in [2.24, 2.45) is 0 Å². The molecule has 5 aromatic rings. The van der Waals surface area contributed by atoms with E-state index < -0.39 is 0 Å². The van der Waals surface area contributed by atoms with Crippen LogP contribution in [0.5, 0.6) is 0 Å². The topological polar surface area (TPSA) is 13.0 Å². The van der Waals surface area contributed by atoms with Gasteiger partial charge in [-0.15, -0.1) is 0 Å². The van der Waals surface area contributed by atoms with Crippen molar-refractivity contribution < 1.29 is 0 Å². The molecule has 4 heteroatoms. The second-order valence-electron chi connectivity index (χ2n) is 20.5. The molecule has 4 nitrogen and oxygen atoms in total. The van der Waals surface area contributed by atoms with Crippen LogP contribution in [0.25, 0.3) is 23.3 Å². The summed E-state index contributed by atoms with van der Waals surface area (Å²) in [5.74, 6) is 0. The fourth-order valence-electron chi connectivity index (χ4n) is 9.63. The van der Waals surface area contributed by atoms with Crippen molar-refractivity contribution in [3.8, 4) is 0 Å². The summed E-state index contributed by atoms with van der Waals surface area (Å²) in [6.07, 6.45) is 33.0. The highest BCUT2D eigenvalue weighted by Gasteiger charge is 2.14. The van der Waals surface area contributed by atoms with Crippen molar-refractivity contribution in [2.45, 2.75) is 158 Å². The van der Waals surface area contributed by atoms with Crippen LogP contribution in [0.3, 0.4) is 0 Å². The molecule has 0 amide bonds. The van der Waals surface area contributed by atoms with Crippen molar-refractivity contribution in [1.29, 1.82) is 0 Å². The van der Waals surface area contributed by atoms with E-state index in [1.165, 1.54) is 170 Å². The lowest BCUT2D eigenvalue weighted by Gasteiger charge is -2.25. The molecule has 5 aromatic carbocycles. The molecule has 398 valence electrons. The zero-order chi connectivity index (χ0) is 52.6. The van der Waals surface area contributed by atoms with Crippen molar-refractivity contribution in [3.63, 3.8) is 0 Å². The molecule has 0 aromatic heterocycles. The van der Waals surface area contributed by atoms with Crippen LogP contribution in [0.15, 0.2) is 146 Å². The van der Waals surface area contributed by atoms with Gasteiger partial charge in [0.15, 0.2) is 0 Å². The maximum Gasteiger partial charge on any atom is 0.0366 e. The summed E-state index contributed by atoms with van der Waals surface area (Å²) in [5.41, 5.74) is 15.1. The van der Waals surface area contributed by atoms with Gasteiger partial charge in [0.1, 0.15) is 0 Å². The zero-order valence-corrected chi connectivity index (χ0v) is 47.8. The van der Waals surface area contributed by atoms with Crippen molar-refractivity contribution >= 4 is 46.0 Å². The van der Waals surface area contributed by atoms with Crippen LogP contribution in [0.2, 0.25) is 0 Å². The van der Waals surface area contributed by atoms with Gasteiger partial charge < -0.3 is 19.6 Å². The minimum Gasteiger partial charge on any atom is -0.372 e. The molecular weight excluding hydrogens is 897 g/mol. The second kappa shape index (κ2) is 34.7. The second-order valence-corrected chi connectivity index (χ2v) is 20.5. The summed E-state index contributed by atoms with van der Waals surface area (Å²) in [4.78, 5) is 10.3. The van der Waals surface area contributed by atoms with Gasteiger partial charge in [-0.1, -0.05) is 216 Å². The summed E-state index contributed by atoms with van der Waals surface area (Å²) in [5, 5.41) is 0. The van der Waals surface area contributed by atoms with E-state index in [0.717, 1.165) is 52.4 Å². The van der Waals surface area contributed by atoms with Gasteiger partial charge in [-0.25, -0.2) is 0 Å². The van der Waals surface area contributed by atoms with Gasteiger partial charge >= 0.3 is 0 Å². The van der Waals surface area contributed by atoms with E-state index in [1.807, 2.05) is 0 Å². The molecule has 0 aliphatic carbocycles. The first-order valence-corrected chi connectivity index (χ1v) is 29.7. The van der Waals surface area contributed by atoms with Gasteiger partial charge in [0, 0.05) is 75.1 Å². The average molecular weight is 996 g/mol. The van der Waals surface area contributed by atoms with Crippen LogP contribution in [-0.2, 0) is 0 Å². The van der Waals surface area contributed by atoms with E-state index in [0.29, 0.717) is 0 Å². The molecule has 0 fully saturated rings. The molecule has 0 unspecified atom stereocenters. The SMILES string of the molecule is CCCCN(CCCC)c1ccc(C(=CC=Cc2ccc(C=CC=C(c3ccc(N(CCCC)CCCC)cc3)c3ccc(N(CCCC)CCCC)cc3)cc2)c2ccc(N(CCCC)CCCC)cc2)cc1. The summed E-state index contributed by atoms with van der Waals surface area (Å²) in [7, 11) is 0. The van der Waals surface area contributed by atoms with E-state index in [-0.39, 0.29) is 0 Å². The molecule has 0 radical (unpaired) electrons. The zero-order valence-electron chi connectivity index (χ0n) is 47.8. The lowest BCUT2D eigenvalue weighted by molar-refractivity contribution is 0.678. The number of anilines is 4. The molecule has 0 saturated heterocycles. The molecule has 0 bridgehead atoms. The molecular formula is C70H98N4. The fourth-order valence-corrected chi connectivity index (χ4v) is 9.63. The summed E-state index contributed by atoms with van der Waals surface area (Å²) in [6, 6.07) is 46.4. The highest BCUT2D eigenvalue weighted by atomic mass is 15.1. The Morgan fingerprint density at radius 3 is 0.635 bits per heavy atom. The van der Waals surface area contributed by atoms with Gasteiger partial charge in [0.2, 0.25) is 0 Å². The maximum absolute atomic E-state index is 2.58. The summed E-state index contributed by atoms with van der Waals surface area (Å²) in [6.45, 7) is 27.2. The van der Waals surface area contributed by atoms with E-state index >= 15 is 0 Å². The Kier molecular flexibility index (Phi) is 27.7. The Balaban J connectivity index is 1.43. The van der Waals surface area contributed by atoms with Crippen LogP contribution < -0.4 is 19.6 Å². The lowest BCUT2D eigenvalue weighted by atomic mass is 9.96. The quantitative estimate of drug-likeness (QED) is 0.0371. The molecule has 0 aliphatic heterocycles. The molecule has 0 saturated carbocycles. The molecule has 0 atom stereocenters. The number of hydrogen-bond acceptors (Lipinski definition) is 4. The Hall–Kier alpha value is -5.74. The third-order valence-electron chi connectivity index (χ3n) is 14.5. The number of unbranched alkanes of at least 4 members (excludes halogenated alkanes) is 8. The predicted molar refractivity (Wildman–Crippen MR) is 333 cm³/mol. The van der Waals surface area contributed by atoms with Crippen LogP contribution in [0.4, 0.5) is 22.7 Å². The van der Waals surface area contributed by atoms with Crippen molar-refractivity contribution in [2.75, 3.05) is 72.0 Å². The standard InChI is InChI=1S/C70H98N4/c1-9-17-51-71(52-18-10-2)65-43-35-61(36-44-65)69(62-37-45-66(46-38-62)72(53-19-11-3)54-20-12-4)29-25-27-59-31-33-60(34-32-59)28-26-30-70(63-39-47-67(48-40-63)73(55-21-13-5)56-22-14-6)64-41-49-68(50-42-64)74(57-23-15-7)58-24-16-8/h25-50H,9-24,51-58H2,1-8H3. The number of nitrogens with zero attached hydrogens (tertiary/aromatic N) is 4. The number of allylic oxidation sites excluding steroid dienone is 4. The fraction of sp³-hybridized carbons (Fsp3) is 0.457. The highest BCUT2D eigenvalue weighted by molar-refractivity contribution is 5.84. The highest BCUT2D eigenvalue weighted by Crippen LogP contribution is 2.31. The Bertz CT molecular complexity index is 2040. The van der Waals surface area contributed by atoms with Gasteiger partial charge in [0.05, 0.1) is 0 Å². The Labute approximate surface area is 453 Å². The first-order valence-electron chi connectivity index (χ1n) is 29.7. The Morgan fingerprint density at radius 1 is 0.270 bits per heavy atom. The number of hydrogen-bond donors (Lipinski definition) is 0. The summed E-state index contributed by atoms with van der Waals surface area (Å²) < 4.78 is 0.